The van der Waals surface area contributed by atoms with Crippen molar-refractivity contribution >= 4 is 29.4 Å². The number of rotatable bonds is 9. The molecular formula is C23H28N4O5. The minimum atomic E-state index is -0.778. The Balaban J connectivity index is 1.70. The minimum absolute atomic E-state index is 0.372. The monoisotopic (exact) mass is 440 g/mol. The van der Waals surface area contributed by atoms with Crippen molar-refractivity contribution in [2.24, 2.45) is 0 Å². The van der Waals surface area contributed by atoms with E-state index in [4.69, 9.17) is 4.74 Å². The standard InChI is InChI=1S/C23H28N4O5/c1-4-27(5-2)19-11-9-17(10-12-19)23(31)26-25-20(28)15-32-21(29)14-24-22(30)18-8-6-7-16(3)13-18/h6-13H,4-5,14-15H2,1-3H3,(H,24,30)(H,25,28)(H,26,31). The van der Waals surface area contributed by atoms with Crippen molar-refractivity contribution in [2.75, 3.05) is 31.1 Å². The van der Waals surface area contributed by atoms with Gasteiger partial charge in [0.2, 0.25) is 0 Å². The third-order valence-electron chi connectivity index (χ3n) is 4.61. The van der Waals surface area contributed by atoms with Crippen molar-refractivity contribution in [3.8, 4) is 0 Å². The van der Waals surface area contributed by atoms with Crippen LogP contribution in [0, 0.1) is 6.92 Å². The number of carbonyl (C=O) groups excluding carboxylic acids is 4. The first-order chi connectivity index (χ1) is 15.3. The lowest BCUT2D eigenvalue weighted by atomic mass is 10.1. The van der Waals surface area contributed by atoms with E-state index < -0.39 is 30.3 Å². The molecule has 2 aromatic carbocycles. The summed E-state index contributed by atoms with van der Waals surface area (Å²) in [4.78, 5) is 49.8. The molecule has 0 saturated heterocycles. The number of hydrazine groups is 1. The van der Waals surface area contributed by atoms with Crippen LogP contribution in [0.4, 0.5) is 5.69 Å². The molecule has 0 aliphatic carbocycles. The zero-order valence-corrected chi connectivity index (χ0v) is 18.4. The fraction of sp³-hybridized carbons (Fsp3) is 0.304. The SMILES string of the molecule is CCN(CC)c1ccc(C(=O)NNC(=O)COC(=O)CNC(=O)c2cccc(C)c2)cc1. The highest BCUT2D eigenvalue weighted by Gasteiger charge is 2.12. The van der Waals surface area contributed by atoms with Crippen LogP contribution in [0.3, 0.4) is 0 Å². The number of nitrogens with zero attached hydrogens (tertiary/aromatic N) is 1. The summed E-state index contributed by atoms with van der Waals surface area (Å²) >= 11 is 0. The molecule has 32 heavy (non-hydrogen) atoms. The summed E-state index contributed by atoms with van der Waals surface area (Å²) in [6, 6.07) is 13.9. The van der Waals surface area contributed by atoms with Gasteiger partial charge in [-0.15, -0.1) is 0 Å². The maximum absolute atomic E-state index is 12.1. The average molecular weight is 441 g/mol. The van der Waals surface area contributed by atoms with Crippen LogP contribution in [-0.2, 0) is 14.3 Å². The largest absolute Gasteiger partial charge is 0.454 e. The maximum atomic E-state index is 12.1. The number of esters is 1. The predicted molar refractivity (Wildman–Crippen MR) is 120 cm³/mol. The Kier molecular flexibility index (Phi) is 9.22. The summed E-state index contributed by atoms with van der Waals surface area (Å²) in [7, 11) is 0. The van der Waals surface area contributed by atoms with Crippen LogP contribution in [0.15, 0.2) is 48.5 Å². The van der Waals surface area contributed by atoms with E-state index in [0.29, 0.717) is 11.1 Å². The van der Waals surface area contributed by atoms with E-state index in [1.165, 1.54) is 0 Å². The van der Waals surface area contributed by atoms with Crippen LogP contribution >= 0.6 is 0 Å². The van der Waals surface area contributed by atoms with Gasteiger partial charge in [-0.25, -0.2) is 0 Å². The van der Waals surface area contributed by atoms with E-state index in [-0.39, 0.29) is 6.54 Å². The summed E-state index contributed by atoms with van der Waals surface area (Å²) in [5.41, 5.74) is 7.15. The number of hydrogen-bond donors (Lipinski definition) is 3. The molecular weight excluding hydrogens is 412 g/mol. The first kappa shape index (κ1) is 24.4. The lowest BCUT2D eigenvalue weighted by Gasteiger charge is -2.21. The third-order valence-corrected chi connectivity index (χ3v) is 4.61. The number of ether oxygens (including phenoxy) is 1. The maximum Gasteiger partial charge on any atom is 0.325 e. The first-order valence-electron chi connectivity index (χ1n) is 10.3. The molecule has 0 aliphatic heterocycles. The molecule has 9 heteroatoms. The highest BCUT2D eigenvalue weighted by Crippen LogP contribution is 2.14. The zero-order chi connectivity index (χ0) is 23.5. The molecule has 0 saturated carbocycles. The Hall–Kier alpha value is -3.88. The summed E-state index contributed by atoms with van der Waals surface area (Å²) in [6.45, 7) is 6.67. The van der Waals surface area contributed by atoms with Crippen molar-refractivity contribution in [2.45, 2.75) is 20.8 Å². The number of aryl methyl sites for hydroxylation is 1. The van der Waals surface area contributed by atoms with E-state index >= 15 is 0 Å². The second-order valence-corrected chi connectivity index (χ2v) is 6.93. The van der Waals surface area contributed by atoms with Crippen molar-refractivity contribution in [1.29, 1.82) is 0 Å². The van der Waals surface area contributed by atoms with Crippen molar-refractivity contribution in [3.63, 3.8) is 0 Å². The number of anilines is 1. The Morgan fingerprint density at radius 1 is 0.875 bits per heavy atom. The van der Waals surface area contributed by atoms with E-state index in [2.05, 4.69) is 21.1 Å². The highest BCUT2D eigenvalue weighted by atomic mass is 16.5. The molecule has 0 spiro atoms. The van der Waals surface area contributed by atoms with Crippen LogP contribution in [-0.4, -0.2) is 49.9 Å². The van der Waals surface area contributed by atoms with Gasteiger partial charge in [0, 0.05) is 29.9 Å². The molecule has 0 heterocycles. The topological polar surface area (TPSA) is 117 Å². The van der Waals surface area contributed by atoms with E-state index in [0.717, 1.165) is 24.3 Å². The van der Waals surface area contributed by atoms with E-state index in [9.17, 15) is 19.2 Å². The molecule has 170 valence electrons. The molecule has 9 nitrogen and oxygen atoms in total. The average Bonchev–Trinajstić information content (AvgIpc) is 2.80. The van der Waals surface area contributed by atoms with Gasteiger partial charge >= 0.3 is 5.97 Å². The van der Waals surface area contributed by atoms with Gasteiger partial charge in [0.1, 0.15) is 6.54 Å². The fourth-order valence-electron chi connectivity index (χ4n) is 2.88. The van der Waals surface area contributed by atoms with Gasteiger partial charge in [0.05, 0.1) is 0 Å². The van der Waals surface area contributed by atoms with Crippen molar-refractivity contribution in [1.82, 2.24) is 16.2 Å². The van der Waals surface area contributed by atoms with Gasteiger partial charge in [-0.3, -0.25) is 30.0 Å². The summed E-state index contributed by atoms with van der Waals surface area (Å²) < 4.78 is 4.80. The van der Waals surface area contributed by atoms with Crippen molar-refractivity contribution < 1.29 is 23.9 Å². The number of benzene rings is 2. The summed E-state index contributed by atoms with van der Waals surface area (Å²) in [6.07, 6.45) is 0. The van der Waals surface area contributed by atoms with E-state index in [1.807, 2.05) is 39.0 Å². The van der Waals surface area contributed by atoms with Crippen LogP contribution in [0.2, 0.25) is 0 Å². The smallest absolute Gasteiger partial charge is 0.325 e. The van der Waals surface area contributed by atoms with Crippen LogP contribution in [0.1, 0.15) is 40.1 Å². The molecule has 3 N–H and O–H groups in total. The number of amides is 3. The molecule has 2 aromatic rings. The van der Waals surface area contributed by atoms with Gasteiger partial charge in [-0.1, -0.05) is 17.7 Å². The van der Waals surface area contributed by atoms with Gasteiger partial charge in [0.25, 0.3) is 17.7 Å². The van der Waals surface area contributed by atoms with Gasteiger partial charge < -0.3 is 15.0 Å². The highest BCUT2D eigenvalue weighted by molar-refractivity contribution is 5.97. The summed E-state index contributed by atoms with van der Waals surface area (Å²) in [5, 5.41) is 2.42. The second-order valence-electron chi connectivity index (χ2n) is 6.93. The summed E-state index contributed by atoms with van der Waals surface area (Å²) in [5.74, 6) is -2.41. The minimum Gasteiger partial charge on any atom is -0.454 e. The van der Waals surface area contributed by atoms with Crippen LogP contribution < -0.4 is 21.1 Å². The Morgan fingerprint density at radius 2 is 1.56 bits per heavy atom. The quantitative estimate of drug-likeness (QED) is 0.403. The number of carbonyl (C=O) groups is 4. The molecule has 0 fully saturated rings. The number of nitrogens with one attached hydrogen (secondary N) is 3. The molecule has 0 bridgehead atoms. The van der Waals surface area contributed by atoms with Crippen LogP contribution in [0.25, 0.3) is 0 Å². The molecule has 3 amide bonds. The first-order valence-corrected chi connectivity index (χ1v) is 10.3. The third kappa shape index (κ3) is 7.42. The fourth-order valence-corrected chi connectivity index (χ4v) is 2.88. The molecule has 2 rings (SSSR count). The Labute approximate surface area is 187 Å². The second kappa shape index (κ2) is 12.1. The van der Waals surface area contributed by atoms with E-state index in [1.54, 1.807) is 30.3 Å². The normalized spacial score (nSPS) is 10.1. The predicted octanol–water partition coefficient (Wildman–Crippen LogP) is 1.58. The molecule has 0 radical (unpaired) electrons. The Bertz CT molecular complexity index is 955. The number of hydrogen-bond acceptors (Lipinski definition) is 6. The van der Waals surface area contributed by atoms with Gasteiger partial charge in [-0.05, 0) is 57.2 Å². The van der Waals surface area contributed by atoms with Crippen molar-refractivity contribution in [3.05, 3.63) is 65.2 Å². The van der Waals surface area contributed by atoms with Gasteiger partial charge in [0.15, 0.2) is 6.61 Å². The molecule has 0 aliphatic rings. The Morgan fingerprint density at radius 3 is 2.19 bits per heavy atom. The zero-order valence-electron chi connectivity index (χ0n) is 18.4. The van der Waals surface area contributed by atoms with Gasteiger partial charge in [-0.2, -0.15) is 0 Å². The molecule has 0 unspecified atom stereocenters. The lowest BCUT2D eigenvalue weighted by Crippen LogP contribution is -2.44. The molecule has 0 atom stereocenters. The molecule has 0 aromatic heterocycles. The lowest BCUT2D eigenvalue weighted by molar-refractivity contribution is -0.147. The van der Waals surface area contributed by atoms with Crippen LogP contribution in [0.5, 0.6) is 0 Å².